The maximum absolute atomic E-state index is 14.1. The summed E-state index contributed by atoms with van der Waals surface area (Å²) in [6, 6.07) is 10.9. The minimum absolute atomic E-state index is 0.0557. The monoisotopic (exact) mass is 394 g/mol. The third-order valence-corrected chi connectivity index (χ3v) is 6.59. The van der Waals surface area contributed by atoms with E-state index in [0.29, 0.717) is 0 Å². The molecule has 0 saturated carbocycles. The zero-order chi connectivity index (χ0) is 19.8. The maximum atomic E-state index is 14.1. The summed E-state index contributed by atoms with van der Waals surface area (Å²) in [5.41, 5.74) is -0.939. The normalized spacial score (nSPS) is 20.3. The van der Waals surface area contributed by atoms with E-state index in [2.05, 4.69) is 0 Å². The Hall–Kier alpha value is -2.36. The van der Waals surface area contributed by atoms with Gasteiger partial charge in [-0.1, -0.05) is 24.3 Å². The Morgan fingerprint density at radius 3 is 2.59 bits per heavy atom. The van der Waals surface area contributed by atoms with Gasteiger partial charge in [-0.2, -0.15) is 4.31 Å². The topological polar surface area (TPSA) is 89.8 Å². The molecule has 2 aromatic rings. The van der Waals surface area contributed by atoms with Crippen LogP contribution in [0.5, 0.6) is 0 Å². The lowest BCUT2D eigenvalue weighted by Crippen LogP contribution is -2.56. The van der Waals surface area contributed by atoms with Gasteiger partial charge in [0, 0.05) is 24.2 Å². The molecule has 1 fully saturated rings. The first-order valence-corrected chi connectivity index (χ1v) is 9.70. The van der Waals surface area contributed by atoms with Crippen molar-refractivity contribution in [2.24, 2.45) is 0 Å². The minimum Gasteiger partial charge on any atom is -0.370 e. The summed E-state index contributed by atoms with van der Waals surface area (Å²) in [6.07, 6.45) is -0.771. The third kappa shape index (κ3) is 3.71. The van der Waals surface area contributed by atoms with Crippen molar-refractivity contribution in [3.8, 4) is 0 Å². The van der Waals surface area contributed by atoms with Crippen molar-refractivity contribution in [2.75, 3.05) is 13.2 Å². The van der Waals surface area contributed by atoms with E-state index in [4.69, 9.17) is 4.74 Å². The first kappa shape index (κ1) is 19.4. The van der Waals surface area contributed by atoms with Crippen molar-refractivity contribution < 1.29 is 22.5 Å². The minimum atomic E-state index is -4.05. The van der Waals surface area contributed by atoms with Gasteiger partial charge >= 0.3 is 0 Å². The third-order valence-electron chi connectivity index (χ3n) is 4.51. The summed E-state index contributed by atoms with van der Waals surface area (Å²) in [5, 5.41) is 11.0. The quantitative estimate of drug-likeness (QED) is 0.586. The number of ether oxygens (including phenoxy) is 1. The summed E-state index contributed by atoms with van der Waals surface area (Å²) >= 11 is 0. The Balaban J connectivity index is 2.00. The van der Waals surface area contributed by atoms with Gasteiger partial charge in [-0.05, 0) is 26.0 Å². The molecule has 3 rings (SSSR count). The fourth-order valence-corrected chi connectivity index (χ4v) is 4.87. The SMILES string of the molecule is CC1(C)COC(c2ccccc2F)CN1S(=O)(=O)c1cccc([N+](=O)[O-])c1. The van der Waals surface area contributed by atoms with Crippen LogP contribution in [0.4, 0.5) is 10.1 Å². The van der Waals surface area contributed by atoms with Crippen LogP contribution in [0.25, 0.3) is 0 Å². The van der Waals surface area contributed by atoms with Gasteiger partial charge in [0.2, 0.25) is 10.0 Å². The van der Waals surface area contributed by atoms with Crippen LogP contribution >= 0.6 is 0 Å². The number of sulfonamides is 1. The van der Waals surface area contributed by atoms with Crippen LogP contribution in [0, 0.1) is 15.9 Å². The van der Waals surface area contributed by atoms with Gasteiger partial charge in [0.15, 0.2) is 0 Å². The summed E-state index contributed by atoms with van der Waals surface area (Å²) in [5.74, 6) is -0.477. The molecule has 0 spiro atoms. The van der Waals surface area contributed by atoms with Gasteiger partial charge in [0.05, 0.1) is 28.1 Å². The number of morpholine rings is 1. The molecule has 7 nitrogen and oxygen atoms in total. The largest absolute Gasteiger partial charge is 0.370 e. The van der Waals surface area contributed by atoms with E-state index in [9.17, 15) is 22.9 Å². The lowest BCUT2D eigenvalue weighted by atomic mass is 10.0. The van der Waals surface area contributed by atoms with Crippen LogP contribution in [0.2, 0.25) is 0 Å². The fourth-order valence-electron chi connectivity index (χ4n) is 3.06. The average molecular weight is 394 g/mol. The molecular formula is C18H19FN2O5S. The van der Waals surface area contributed by atoms with Crippen LogP contribution in [-0.4, -0.2) is 36.3 Å². The van der Waals surface area contributed by atoms with Gasteiger partial charge in [0.25, 0.3) is 5.69 Å². The standard InChI is InChI=1S/C18H19FN2O5S/c1-18(2)12-26-17(15-8-3-4-9-16(15)19)11-20(18)27(24,25)14-7-5-6-13(10-14)21(22)23/h3-10,17H,11-12H2,1-2H3. The molecular weight excluding hydrogens is 375 g/mol. The summed E-state index contributed by atoms with van der Waals surface area (Å²) in [6.45, 7) is 3.35. The number of nitro groups is 1. The van der Waals surface area contributed by atoms with Gasteiger partial charge in [-0.25, -0.2) is 12.8 Å². The molecule has 0 N–H and O–H groups in total. The predicted molar refractivity (Wildman–Crippen MR) is 96.2 cm³/mol. The summed E-state index contributed by atoms with van der Waals surface area (Å²) < 4.78 is 47.5. The molecule has 0 bridgehead atoms. The highest BCUT2D eigenvalue weighted by atomic mass is 32.2. The molecule has 1 aliphatic heterocycles. The van der Waals surface area contributed by atoms with Gasteiger partial charge in [-0.15, -0.1) is 0 Å². The van der Waals surface area contributed by atoms with Crippen molar-refractivity contribution in [1.29, 1.82) is 0 Å². The van der Waals surface area contributed by atoms with Gasteiger partial charge < -0.3 is 4.74 Å². The van der Waals surface area contributed by atoms with Crippen molar-refractivity contribution >= 4 is 15.7 Å². The van der Waals surface area contributed by atoms with E-state index in [-0.39, 0.29) is 29.3 Å². The average Bonchev–Trinajstić information content (AvgIpc) is 2.62. The van der Waals surface area contributed by atoms with E-state index < -0.39 is 32.4 Å². The second-order valence-corrected chi connectivity index (χ2v) is 8.79. The smallest absolute Gasteiger partial charge is 0.270 e. The molecule has 1 atom stereocenters. The molecule has 1 unspecified atom stereocenters. The fraction of sp³-hybridized carbons (Fsp3) is 0.333. The second kappa shape index (κ2) is 6.99. The number of halogens is 1. The highest BCUT2D eigenvalue weighted by molar-refractivity contribution is 7.89. The number of rotatable bonds is 4. The molecule has 1 heterocycles. The zero-order valence-corrected chi connectivity index (χ0v) is 15.6. The highest BCUT2D eigenvalue weighted by Crippen LogP contribution is 2.35. The van der Waals surface area contributed by atoms with Crippen LogP contribution in [0.1, 0.15) is 25.5 Å². The molecule has 0 aliphatic carbocycles. The van der Waals surface area contributed by atoms with Crippen molar-refractivity contribution in [3.63, 3.8) is 0 Å². The number of hydrogen-bond acceptors (Lipinski definition) is 5. The molecule has 1 aliphatic rings. The van der Waals surface area contributed by atoms with Gasteiger partial charge in [0.1, 0.15) is 5.82 Å². The number of hydrogen-bond donors (Lipinski definition) is 0. The number of non-ortho nitro benzene ring substituents is 1. The van der Waals surface area contributed by atoms with Crippen molar-refractivity contribution in [1.82, 2.24) is 4.31 Å². The predicted octanol–water partition coefficient (Wildman–Crippen LogP) is 3.27. The molecule has 0 amide bonds. The second-order valence-electron chi connectivity index (χ2n) is 6.92. The van der Waals surface area contributed by atoms with E-state index in [1.54, 1.807) is 32.0 Å². The Kier molecular flexibility index (Phi) is 5.02. The Morgan fingerprint density at radius 2 is 1.93 bits per heavy atom. The van der Waals surface area contributed by atoms with Crippen LogP contribution < -0.4 is 0 Å². The number of nitrogens with zero attached hydrogens (tertiary/aromatic N) is 2. The maximum Gasteiger partial charge on any atom is 0.270 e. The van der Waals surface area contributed by atoms with E-state index in [1.807, 2.05) is 0 Å². The molecule has 0 aromatic heterocycles. The number of benzene rings is 2. The van der Waals surface area contributed by atoms with Gasteiger partial charge in [-0.3, -0.25) is 10.1 Å². The molecule has 1 saturated heterocycles. The first-order valence-electron chi connectivity index (χ1n) is 8.26. The van der Waals surface area contributed by atoms with Crippen LogP contribution in [-0.2, 0) is 14.8 Å². The Bertz CT molecular complexity index is 977. The van der Waals surface area contributed by atoms with E-state index in [1.165, 1.54) is 28.6 Å². The van der Waals surface area contributed by atoms with Crippen molar-refractivity contribution in [3.05, 3.63) is 70.0 Å². The zero-order valence-electron chi connectivity index (χ0n) is 14.8. The van der Waals surface area contributed by atoms with Crippen LogP contribution in [0.15, 0.2) is 53.4 Å². The lowest BCUT2D eigenvalue weighted by Gasteiger charge is -2.44. The highest BCUT2D eigenvalue weighted by Gasteiger charge is 2.44. The lowest BCUT2D eigenvalue weighted by molar-refractivity contribution is -0.385. The molecule has 0 radical (unpaired) electrons. The van der Waals surface area contributed by atoms with E-state index in [0.717, 1.165) is 6.07 Å². The van der Waals surface area contributed by atoms with Crippen molar-refractivity contribution in [2.45, 2.75) is 30.4 Å². The molecule has 144 valence electrons. The Morgan fingerprint density at radius 1 is 1.22 bits per heavy atom. The molecule has 27 heavy (non-hydrogen) atoms. The molecule has 2 aromatic carbocycles. The summed E-state index contributed by atoms with van der Waals surface area (Å²) in [7, 11) is -4.05. The van der Waals surface area contributed by atoms with E-state index >= 15 is 0 Å². The Labute approximate surface area is 156 Å². The first-order chi connectivity index (χ1) is 12.6. The molecule has 9 heteroatoms. The number of nitro benzene ring substituents is 1. The van der Waals surface area contributed by atoms with Crippen LogP contribution in [0.3, 0.4) is 0 Å². The summed E-state index contributed by atoms with van der Waals surface area (Å²) in [4.78, 5) is 10.2.